The molecule has 588 valence electrons. The third-order valence-electron chi connectivity index (χ3n) is 20.0. The molecule has 0 radical (unpaired) electrons. The van der Waals surface area contributed by atoms with Crippen LogP contribution in [0.3, 0.4) is 0 Å². The van der Waals surface area contributed by atoms with Crippen LogP contribution in [0.5, 0.6) is 0 Å². The van der Waals surface area contributed by atoms with Crippen molar-refractivity contribution in [1.29, 1.82) is 0 Å². The Bertz CT molecular complexity index is 4470. The van der Waals surface area contributed by atoms with Crippen LogP contribution in [-0.4, -0.2) is 69.3 Å². The van der Waals surface area contributed by atoms with Crippen molar-refractivity contribution in [3.05, 3.63) is 285 Å². The maximum absolute atomic E-state index is 14.4. The quantitative estimate of drug-likeness (QED) is 0.0428. The van der Waals surface area contributed by atoms with Crippen LogP contribution in [0.1, 0.15) is 176 Å². The van der Waals surface area contributed by atoms with Crippen LogP contribution in [0.4, 0.5) is 71.1 Å². The number of amides is 2. The molecular weight excluding hydrogens is 1480 g/mol. The molecule has 2 saturated carbocycles. The van der Waals surface area contributed by atoms with Crippen LogP contribution in [0.2, 0.25) is 0 Å². The Morgan fingerprint density at radius 3 is 1.21 bits per heavy atom. The molecule has 12 atom stereocenters. The number of carbonyl (C=O) groups excluding carboxylic acids is 6. The Morgan fingerprint density at radius 2 is 0.829 bits per heavy atom. The van der Waals surface area contributed by atoms with Gasteiger partial charge in [-0.3, -0.25) is 19.4 Å². The zero-order chi connectivity index (χ0) is 80.5. The summed E-state index contributed by atoms with van der Waals surface area (Å²) in [5.74, 6) is -5.56. The van der Waals surface area contributed by atoms with Gasteiger partial charge in [-0.25, -0.2) is 28.0 Å². The predicted molar refractivity (Wildman–Crippen MR) is 373 cm³/mol. The molecule has 2 saturated heterocycles. The fourth-order valence-corrected chi connectivity index (χ4v) is 14.2. The van der Waals surface area contributed by atoms with Crippen LogP contribution in [0.25, 0.3) is 0 Å². The molecule has 2 amide bonds. The van der Waals surface area contributed by atoms with Crippen molar-refractivity contribution in [3.8, 4) is 0 Å². The molecule has 4 aliphatic rings. The monoisotopic (exact) mass is 1560 g/mol. The molecule has 2 aliphatic carbocycles. The summed E-state index contributed by atoms with van der Waals surface area (Å²) in [4.78, 5) is 81.2. The highest BCUT2D eigenvalue weighted by Gasteiger charge is 2.58. The van der Waals surface area contributed by atoms with E-state index < -0.39 is 167 Å². The average molecular weight is 1560 g/mol. The van der Waals surface area contributed by atoms with Crippen LogP contribution >= 0.6 is 0 Å². The lowest BCUT2D eigenvalue weighted by Gasteiger charge is -2.34. The van der Waals surface area contributed by atoms with Gasteiger partial charge in [-0.15, -0.1) is 0 Å². The van der Waals surface area contributed by atoms with E-state index in [4.69, 9.17) is 28.4 Å². The number of hydrogen-bond acceptors (Lipinski definition) is 12. The van der Waals surface area contributed by atoms with Crippen LogP contribution < -0.4 is 0 Å². The summed E-state index contributed by atoms with van der Waals surface area (Å²) in [7, 11) is 0. The first-order chi connectivity index (χ1) is 52.4. The number of hydrogen-bond donors (Lipinski definition) is 0. The molecule has 0 bridgehead atoms. The van der Waals surface area contributed by atoms with E-state index in [1.165, 1.54) is 62.1 Å². The minimum atomic E-state index is -5.07. The number of cyclic esters (lactones) is 2. The van der Waals surface area contributed by atoms with Gasteiger partial charge in [0.2, 0.25) is 12.5 Å². The lowest BCUT2D eigenvalue weighted by atomic mass is 9.80. The second-order valence-electron chi connectivity index (χ2n) is 27.5. The molecule has 0 spiro atoms. The first-order valence-corrected chi connectivity index (χ1v) is 35.4. The largest absolute Gasteiger partial charge is 0.444 e. The van der Waals surface area contributed by atoms with Gasteiger partial charge in [-0.1, -0.05) is 153 Å². The highest BCUT2D eigenvalue weighted by atomic mass is 19.4. The predicted octanol–water partition coefficient (Wildman–Crippen LogP) is 20.9. The number of benzene rings is 8. The molecule has 28 heteroatoms. The Kier molecular flexibility index (Phi) is 26.0. The smallest absolute Gasteiger partial charge is 0.416 e. The first kappa shape index (κ1) is 83.0. The lowest BCUT2D eigenvalue weighted by molar-refractivity contribution is -0.147. The summed E-state index contributed by atoms with van der Waals surface area (Å²) in [6.45, 7) is 7.44. The minimum absolute atomic E-state index is 0.0264. The van der Waals surface area contributed by atoms with Crippen LogP contribution in [0, 0.1) is 23.5 Å². The van der Waals surface area contributed by atoms with Gasteiger partial charge in [0, 0.05) is 47.6 Å². The van der Waals surface area contributed by atoms with Crippen molar-refractivity contribution < 1.29 is 119 Å². The van der Waals surface area contributed by atoms with E-state index in [-0.39, 0.29) is 61.5 Å². The van der Waals surface area contributed by atoms with Crippen molar-refractivity contribution in [2.24, 2.45) is 11.8 Å². The molecular formula is C83H76F14N2O12. The number of nitrogens with zero attached hydrogens (tertiary/aromatic N) is 2. The number of halogens is 14. The summed E-state index contributed by atoms with van der Waals surface area (Å²) >= 11 is 0. The molecule has 12 rings (SSSR count). The third-order valence-corrected chi connectivity index (χ3v) is 20.0. The molecule has 2 heterocycles. The van der Waals surface area contributed by atoms with E-state index in [2.05, 4.69) is 0 Å². The van der Waals surface area contributed by atoms with Crippen molar-refractivity contribution >= 4 is 35.7 Å². The van der Waals surface area contributed by atoms with Gasteiger partial charge in [-0.05, 0) is 147 Å². The number of ketones is 2. The molecule has 8 aromatic rings. The topological polar surface area (TPSA) is 164 Å². The summed E-state index contributed by atoms with van der Waals surface area (Å²) in [5, 5.41) is 0. The summed E-state index contributed by atoms with van der Waals surface area (Å²) in [6, 6.07) is 48.3. The van der Waals surface area contributed by atoms with E-state index in [1.807, 2.05) is 60.7 Å². The standard InChI is InChI=1S/C41H36F7NO6.C24H23F7O2.C18H17NO4/c1-24(28-19-29(40(43,44)45)21-30(20-28)41(46,47)48)54-34-18-17-32(35(34)26-13-15-31(42)16-14-26)33(50)22-39(2)37(51)55-36(27-11-7-4-8-12-27)49(39)38(52)53-23-25-9-5-3-6-10-25;1-3-20(32)19-8-9-21(22(19)14-4-6-18(25)7-5-14)33-13(2)15-10-16(23(26,27)28)12-17(11-15)24(29,30)31;1-13-17(20)23-16(15-10-6-3-7-11-15)19(13)18(21)22-12-14-8-4-2-5-9-14/h3-16,19-21,24,32,34-36H,17-18,22-23H2,1-2H3;4-7,10-13,19,21-22H,3,8-9H2,1-2H3;2-11,13,16H,12H2,1H3/t24-,32+,34+,35+,36+,39-;13-,19+,21+,22+;13-,16-/m110/s1. The summed E-state index contributed by atoms with van der Waals surface area (Å²) in [6.07, 6.45) is -26.6. The number of carbonyl (C=O) groups is 6. The Morgan fingerprint density at radius 1 is 0.468 bits per heavy atom. The number of esters is 2. The fraction of sp³-hybridized carbons (Fsp3) is 0.349. The van der Waals surface area contributed by atoms with Crippen LogP contribution in [-0.2, 0) is 85.5 Å². The fourth-order valence-electron chi connectivity index (χ4n) is 14.2. The number of ether oxygens (including phenoxy) is 6. The highest BCUT2D eigenvalue weighted by Crippen LogP contribution is 2.50. The van der Waals surface area contributed by atoms with Crippen LogP contribution in [0.15, 0.2) is 206 Å². The van der Waals surface area contributed by atoms with Crippen molar-refractivity contribution in [2.75, 3.05) is 0 Å². The zero-order valence-corrected chi connectivity index (χ0v) is 60.2. The lowest BCUT2D eigenvalue weighted by Crippen LogP contribution is -2.51. The maximum atomic E-state index is 14.4. The van der Waals surface area contributed by atoms with Crippen molar-refractivity contribution in [2.45, 2.75) is 171 Å². The van der Waals surface area contributed by atoms with E-state index in [0.29, 0.717) is 59.4 Å². The van der Waals surface area contributed by atoms with Crippen molar-refractivity contribution in [1.82, 2.24) is 9.80 Å². The Labute approximate surface area is 629 Å². The van der Waals surface area contributed by atoms with E-state index in [9.17, 15) is 90.2 Å². The van der Waals surface area contributed by atoms with E-state index in [0.717, 1.165) is 28.2 Å². The van der Waals surface area contributed by atoms with E-state index >= 15 is 0 Å². The number of rotatable bonds is 19. The van der Waals surface area contributed by atoms with Gasteiger partial charge in [0.1, 0.15) is 42.5 Å². The molecule has 4 fully saturated rings. The zero-order valence-electron chi connectivity index (χ0n) is 60.2. The molecule has 0 aromatic heterocycles. The van der Waals surface area contributed by atoms with Gasteiger partial charge < -0.3 is 28.4 Å². The summed E-state index contributed by atoms with van der Waals surface area (Å²) < 4.78 is 223. The molecule has 111 heavy (non-hydrogen) atoms. The molecule has 8 aromatic carbocycles. The maximum Gasteiger partial charge on any atom is 0.416 e. The highest BCUT2D eigenvalue weighted by molar-refractivity contribution is 5.95. The van der Waals surface area contributed by atoms with E-state index in [1.54, 1.807) is 74.5 Å². The minimum Gasteiger partial charge on any atom is -0.444 e. The van der Waals surface area contributed by atoms with Gasteiger partial charge >= 0.3 is 48.8 Å². The third kappa shape index (κ3) is 20.2. The molecule has 2 aliphatic heterocycles. The number of Topliss-reactive ketones (excluding diaryl/α,β-unsaturated/α-hetero) is 2. The molecule has 14 nitrogen and oxygen atoms in total. The Hall–Kier alpha value is -10.5. The number of alkyl halides is 12. The first-order valence-electron chi connectivity index (χ1n) is 35.4. The second-order valence-corrected chi connectivity index (χ2v) is 27.5. The second kappa shape index (κ2) is 34.8. The van der Waals surface area contributed by atoms with Gasteiger partial charge in [0.15, 0.2) is 5.54 Å². The average Bonchev–Trinajstić information content (AvgIpc) is 1.61. The normalized spacial score (nSPS) is 22.4. The van der Waals surface area contributed by atoms with Crippen molar-refractivity contribution in [3.63, 3.8) is 0 Å². The summed E-state index contributed by atoms with van der Waals surface area (Å²) in [5.41, 5.74) is -4.54. The SMILES string of the molecule is CCC(=O)[C@@H]1CC[C@H](O[C@H](C)c2cc(C(F)(F)F)cc(C(F)(F)F)c2)[C@H]1c1ccc(F)cc1.C[C@@H](O[C@H]1CC[C@@H](C(=O)C[C@]2(C)C(=O)O[C@@H](c3ccccc3)N2C(=O)OCc2ccccc2)[C@@H]1c1ccc(F)cc1)c1cc(C(F)(F)F)cc(C(F)(F)F)c1.C[C@H]1C(=O)O[C@@H](c2ccccc2)N1C(=O)OCc1ccccc1. The van der Waals surface area contributed by atoms with Gasteiger partial charge in [0.05, 0.1) is 46.7 Å². The van der Waals surface area contributed by atoms with Gasteiger partial charge in [-0.2, -0.15) is 52.7 Å². The Balaban J connectivity index is 0.000000197. The van der Waals surface area contributed by atoms with Gasteiger partial charge in [0.25, 0.3) is 0 Å². The molecule has 0 unspecified atom stereocenters. The molecule has 0 N–H and O–H groups in total.